The zero-order valence-electron chi connectivity index (χ0n) is 8.31. The van der Waals surface area contributed by atoms with E-state index in [2.05, 4.69) is 0 Å². The molecule has 0 radical (unpaired) electrons. The molecule has 0 aliphatic heterocycles. The lowest BCUT2D eigenvalue weighted by Crippen LogP contribution is -1.87. The first-order valence-electron chi connectivity index (χ1n) is 4.29. The Hall–Kier alpha value is -0.830. The van der Waals surface area contributed by atoms with Crippen LogP contribution in [-0.2, 0) is 0 Å². The molecule has 1 nitrogen and oxygen atoms in total. The van der Waals surface area contributed by atoms with E-state index in [-0.39, 0.29) is 16.3 Å². The second-order valence-electron chi connectivity index (χ2n) is 2.46. The minimum atomic E-state index is -2.60. The van der Waals surface area contributed by atoms with Crippen LogP contribution in [0.1, 0.15) is 31.4 Å². The maximum absolute atomic E-state index is 12.2. The molecule has 0 fully saturated rings. The molecule has 0 saturated heterocycles. The summed E-state index contributed by atoms with van der Waals surface area (Å²) in [6, 6.07) is 2.31. The van der Waals surface area contributed by atoms with Gasteiger partial charge in [-0.15, -0.1) is 0 Å². The van der Waals surface area contributed by atoms with E-state index in [1.807, 2.05) is 13.8 Å². The number of hydrogen-bond acceptors (Lipinski definition) is 1. The summed E-state index contributed by atoms with van der Waals surface area (Å²) in [5.74, 6) is -0.0654. The van der Waals surface area contributed by atoms with Crippen molar-refractivity contribution in [3.05, 3.63) is 28.3 Å². The Kier molecular flexibility index (Phi) is 5.46. The normalized spacial score (nSPS) is 9.64. The molecule has 4 heteroatoms. The lowest BCUT2D eigenvalue weighted by Gasteiger charge is -2.05. The molecular formula is C10H13ClF2O. The maximum Gasteiger partial charge on any atom is 0.265 e. The second-order valence-corrected chi connectivity index (χ2v) is 2.87. The highest BCUT2D eigenvalue weighted by Gasteiger charge is 2.13. The molecule has 0 bridgehead atoms. The molecule has 0 aliphatic carbocycles. The molecule has 1 rings (SSSR count). The van der Waals surface area contributed by atoms with Gasteiger partial charge in [-0.3, -0.25) is 0 Å². The molecule has 0 aliphatic rings. The van der Waals surface area contributed by atoms with E-state index >= 15 is 0 Å². The average Bonchev–Trinajstić information content (AvgIpc) is 2.14. The van der Waals surface area contributed by atoms with Crippen molar-refractivity contribution < 1.29 is 13.9 Å². The van der Waals surface area contributed by atoms with E-state index in [1.54, 1.807) is 0 Å². The van der Waals surface area contributed by atoms with Gasteiger partial charge in [0.25, 0.3) is 6.43 Å². The van der Waals surface area contributed by atoms with Crippen molar-refractivity contribution >= 4 is 11.6 Å². The lowest BCUT2D eigenvalue weighted by molar-refractivity contribution is 0.151. The molecule has 0 unspecified atom stereocenters. The summed E-state index contributed by atoms with van der Waals surface area (Å²) in [6.07, 6.45) is -2.60. The van der Waals surface area contributed by atoms with Crippen molar-refractivity contribution in [2.45, 2.75) is 27.2 Å². The van der Waals surface area contributed by atoms with Crippen molar-refractivity contribution in [1.29, 1.82) is 0 Å². The van der Waals surface area contributed by atoms with Crippen LogP contribution in [0.25, 0.3) is 0 Å². The fourth-order valence-electron chi connectivity index (χ4n) is 0.861. The van der Waals surface area contributed by atoms with Gasteiger partial charge in [-0.05, 0) is 24.6 Å². The van der Waals surface area contributed by atoms with E-state index in [9.17, 15) is 8.78 Å². The summed E-state index contributed by atoms with van der Waals surface area (Å²) in [5.41, 5.74) is 0.154. The van der Waals surface area contributed by atoms with Crippen LogP contribution in [0.4, 0.5) is 8.78 Å². The first-order valence-corrected chi connectivity index (χ1v) is 4.67. The van der Waals surface area contributed by atoms with Gasteiger partial charge in [0.15, 0.2) is 0 Å². The SMILES string of the molecule is CC.Cc1cc(C(F)F)c(Cl)cc1O. The van der Waals surface area contributed by atoms with Crippen molar-refractivity contribution in [3.63, 3.8) is 0 Å². The molecule has 1 aromatic rings. The van der Waals surface area contributed by atoms with Gasteiger partial charge in [0.1, 0.15) is 5.75 Å². The number of phenolic OH excluding ortho intramolecular Hbond substituents is 1. The third-order valence-electron chi connectivity index (χ3n) is 1.55. The van der Waals surface area contributed by atoms with Crippen molar-refractivity contribution in [2.75, 3.05) is 0 Å². The van der Waals surface area contributed by atoms with Gasteiger partial charge in [0.05, 0.1) is 5.02 Å². The van der Waals surface area contributed by atoms with Crippen LogP contribution in [0.3, 0.4) is 0 Å². The zero-order chi connectivity index (χ0) is 11.3. The van der Waals surface area contributed by atoms with Crippen LogP contribution < -0.4 is 0 Å². The monoisotopic (exact) mass is 222 g/mol. The Bertz CT molecular complexity index is 300. The van der Waals surface area contributed by atoms with Crippen molar-refractivity contribution in [3.8, 4) is 5.75 Å². The van der Waals surface area contributed by atoms with E-state index < -0.39 is 6.43 Å². The molecule has 0 spiro atoms. The van der Waals surface area contributed by atoms with Crippen molar-refractivity contribution in [2.24, 2.45) is 0 Å². The molecule has 0 saturated carbocycles. The predicted molar refractivity (Wildman–Crippen MR) is 54.2 cm³/mol. The van der Waals surface area contributed by atoms with Crippen LogP contribution >= 0.6 is 11.6 Å². The molecule has 14 heavy (non-hydrogen) atoms. The quantitative estimate of drug-likeness (QED) is 0.750. The van der Waals surface area contributed by atoms with Gasteiger partial charge >= 0.3 is 0 Å². The number of hydrogen-bond donors (Lipinski definition) is 1. The summed E-state index contributed by atoms with van der Waals surface area (Å²) in [6.45, 7) is 5.54. The van der Waals surface area contributed by atoms with Crippen molar-refractivity contribution in [1.82, 2.24) is 0 Å². The van der Waals surface area contributed by atoms with Gasteiger partial charge in [-0.25, -0.2) is 8.78 Å². The Morgan fingerprint density at radius 1 is 1.29 bits per heavy atom. The highest BCUT2D eigenvalue weighted by atomic mass is 35.5. The average molecular weight is 223 g/mol. The number of aromatic hydroxyl groups is 1. The molecule has 0 atom stereocenters. The smallest absolute Gasteiger partial charge is 0.265 e. The maximum atomic E-state index is 12.2. The first kappa shape index (κ1) is 13.2. The minimum absolute atomic E-state index is 0.0654. The largest absolute Gasteiger partial charge is 0.508 e. The number of alkyl halides is 2. The second kappa shape index (κ2) is 5.81. The first-order chi connectivity index (χ1) is 6.52. The summed E-state index contributed by atoms with van der Waals surface area (Å²) in [5, 5.41) is 8.97. The minimum Gasteiger partial charge on any atom is -0.508 e. The third kappa shape index (κ3) is 3.14. The third-order valence-corrected chi connectivity index (χ3v) is 1.88. The molecule has 0 aromatic heterocycles. The number of aryl methyl sites for hydroxylation is 1. The number of halogens is 3. The summed E-state index contributed by atoms with van der Waals surface area (Å²) in [7, 11) is 0. The van der Waals surface area contributed by atoms with E-state index in [4.69, 9.17) is 16.7 Å². The van der Waals surface area contributed by atoms with Crippen LogP contribution in [0.15, 0.2) is 12.1 Å². The highest BCUT2D eigenvalue weighted by molar-refractivity contribution is 6.31. The molecule has 1 N–H and O–H groups in total. The number of phenols is 1. The van der Waals surface area contributed by atoms with E-state index in [1.165, 1.54) is 13.0 Å². The van der Waals surface area contributed by atoms with Crippen LogP contribution in [0, 0.1) is 6.92 Å². The fraction of sp³-hybridized carbons (Fsp3) is 0.400. The summed E-state index contributed by atoms with van der Waals surface area (Å²) in [4.78, 5) is 0. The topological polar surface area (TPSA) is 20.2 Å². The van der Waals surface area contributed by atoms with E-state index in [0.717, 1.165) is 6.07 Å². The number of benzene rings is 1. The molecular weight excluding hydrogens is 210 g/mol. The van der Waals surface area contributed by atoms with Gasteiger partial charge < -0.3 is 5.11 Å². The predicted octanol–water partition coefficient (Wildman–Crippen LogP) is 4.32. The van der Waals surface area contributed by atoms with Crippen LogP contribution in [-0.4, -0.2) is 5.11 Å². The van der Waals surface area contributed by atoms with Crippen LogP contribution in [0.2, 0.25) is 5.02 Å². The zero-order valence-corrected chi connectivity index (χ0v) is 9.07. The fourth-order valence-corrected chi connectivity index (χ4v) is 1.10. The Morgan fingerprint density at radius 2 is 1.79 bits per heavy atom. The van der Waals surface area contributed by atoms with Gasteiger partial charge in [0, 0.05) is 5.56 Å². The highest BCUT2D eigenvalue weighted by Crippen LogP contribution is 2.31. The Balaban J connectivity index is 0.000000791. The lowest BCUT2D eigenvalue weighted by atomic mass is 10.1. The molecule has 80 valence electrons. The summed E-state index contributed by atoms with van der Waals surface area (Å²) >= 11 is 5.46. The molecule has 1 aromatic carbocycles. The van der Waals surface area contributed by atoms with Crippen LogP contribution in [0.5, 0.6) is 5.75 Å². The Labute approximate surface area is 87.3 Å². The standard InChI is InChI=1S/C8H7ClF2O.C2H6/c1-4-2-5(8(10)11)6(9)3-7(4)12;1-2/h2-3,8,12H,1H3;1-2H3. The van der Waals surface area contributed by atoms with Gasteiger partial charge in [0.2, 0.25) is 0 Å². The van der Waals surface area contributed by atoms with Gasteiger partial charge in [-0.2, -0.15) is 0 Å². The number of rotatable bonds is 1. The van der Waals surface area contributed by atoms with E-state index in [0.29, 0.717) is 5.56 Å². The molecule has 0 amide bonds. The van der Waals surface area contributed by atoms with Gasteiger partial charge in [-0.1, -0.05) is 25.4 Å². The summed E-state index contributed by atoms with van der Waals surface area (Å²) < 4.78 is 24.3. The Morgan fingerprint density at radius 3 is 2.21 bits per heavy atom. The molecule has 0 heterocycles.